The molecule has 0 aliphatic heterocycles. The van der Waals surface area contributed by atoms with Gasteiger partial charge in [-0.15, -0.1) is 5.10 Å². The Kier molecular flexibility index (Phi) is 4.74. The summed E-state index contributed by atoms with van der Waals surface area (Å²) in [5.74, 6) is 0.694. The van der Waals surface area contributed by atoms with Crippen LogP contribution in [0, 0.1) is 0 Å². The van der Waals surface area contributed by atoms with E-state index in [1.807, 2.05) is 95.3 Å². The third-order valence-electron chi connectivity index (χ3n) is 5.48. The maximum absolute atomic E-state index is 6.10. The number of para-hydroxylation sites is 3. The predicted molar refractivity (Wildman–Crippen MR) is 133 cm³/mol. The third-order valence-corrected chi connectivity index (χ3v) is 6.58. The van der Waals surface area contributed by atoms with E-state index < -0.39 is 0 Å². The molecule has 6 rings (SSSR count). The largest absolute Gasteiger partial charge is 0.454 e. The normalized spacial score (nSPS) is 12.5. The van der Waals surface area contributed by atoms with Gasteiger partial charge < -0.3 is 8.98 Å². The van der Waals surface area contributed by atoms with Crippen molar-refractivity contribution in [1.82, 2.24) is 14.3 Å². The van der Waals surface area contributed by atoms with E-state index in [9.17, 15) is 0 Å². The number of aryl methyl sites for hydroxylation is 1. The molecule has 7 heteroatoms. The second kappa shape index (κ2) is 8.03. The number of hydrogen-bond donors (Lipinski definition) is 0. The minimum absolute atomic E-state index is 0.694. The average molecular weight is 450 g/mol. The fraction of sp³-hybridized carbons (Fsp3) is 0.0385. The summed E-state index contributed by atoms with van der Waals surface area (Å²) in [6, 6.07) is 28.2. The Hall–Kier alpha value is -4.23. The van der Waals surface area contributed by atoms with E-state index in [4.69, 9.17) is 9.52 Å². The van der Waals surface area contributed by atoms with Gasteiger partial charge in [0.2, 0.25) is 4.80 Å². The van der Waals surface area contributed by atoms with E-state index in [0.717, 1.165) is 38.2 Å². The Morgan fingerprint density at radius 1 is 0.939 bits per heavy atom. The fourth-order valence-corrected chi connectivity index (χ4v) is 4.78. The number of fused-ring (bicyclic) bond motifs is 2. The van der Waals surface area contributed by atoms with Crippen LogP contribution in [0.2, 0.25) is 0 Å². The van der Waals surface area contributed by atoms with Crippen molar-refractivity contribution >= 4 is 38.7 Å². The van der Waals surface area contributed by atoms with Crippen molar-refractivity contribution in [2.75, 3.05) is 0 Å². The van der Waals surface area contributed by atoms with Gasteiger partial charge in [0.1, 0.15) is 11.3 Å². The summed E-state index contributed by atoms with van der Waals surface area (Å²) in [7, 11) is 2.00. The second-order valence-electron chi connectivity index (χ2n) is 7.62. The van der Waals surface area contributed by atoms with Crippen LogP contribution < -0.4 is 4.80 Å². The maximum atomic E-state index is 6.10. The highest BCUT2D eigenvalue weighted by Crippen LogP contribution is 2.29. The topological polar surface area (TPSA) is 60.6 Å². The molecule has 6 aromatic rings. The molecule has 3 aromatic carbocycles. The van der Waals surface area contributed by atoms with Crippen LogP contribution in [0.3, 0.4) is 0 Å². The molecule has 0 radical (unpaired) electrons. The highest BCUT2D eigenvalue weighted by molar-refractivity contribution is 7.16. The predicted octanol–water partition coefficient (Wildman–Crippen LogP) is 5.77. The Morgan fingerprint density at radius 2 is 1.73 bits per heavy atom. The standard InChI is InChI=1S/C26H19N5OS/c1-30-21-12-6-8-14-24(21)33-26(30)28-27-16-19-17-31(20-10-3-2-4-11-20)29-25(19)23-15-18-9-5-7-13-22(18)32-23/h2-17H,1H3/b27-16+,28-26-. The lowest BCUT2D eigenvalue weighted by Crippen LogP contribution is -2.08. The first-order valence-corrected chi connectivity index (χ1v) is 11.3. The number of thiazole rings is 1. The lowest BCUT2D eigenvalue weighted by molar-refractivity contribution is 0.627. The number of hydrogen-bond acceptors (Lipinski definition) is 5. The summed E-state index contributed by atoms with van der Waals surface area (Å²) in [5, 5.41) is 14.7. The Labute approximate surface area is 193 Å². The van der Waals surface area contributed by atoms with Gasteiger partial charge in [0, 0.05) is 24.2 Å². The molecule has 0 amide bonds. The van der Waals surface area contributed by atoms with Gasteiger partial charge in [-0.2, -0.15) is 10.2 Å². The number of furan rings is 1. The van der Waals surface area contributed by atoms with E-state index in [1.54, 1.807) is 17.6 Å². The molecule has 0 atom stereocenters. The van der Waals surface area contributed by atoms with E-state index in [-0.39, 0.29) is 0 Å². The zero-order valence-electron chi connectivity index (χ0n) is 17.8. The summed E-state index contributed by atoms with van der Waals surface area (Å²) < 4.78 is 11.2. The van der Waals surface area contributed by atoms with Crippen LogP contribution in [0.5, 0.6) is 0 Å². The van der Waals surface area contributed by atoms with Gasteiger partial charge in [-0.05, 0) is 36.4 Å². The summed E-state index contributed by atoms with van der Waals surface area (Å²) in [6.07, 6.45) is 3.68. The molecule has 0 saturated heterocycles. The summed E-state index contributed by atoms with van der Waals surface area (Å²) in [4.78, 5) is 0.827. The van der Waals surface area contributed by atoms with Crippen molar-refractivity contribution in [1.29, 1.82) is 0 Å². The lowest BCUT2D eigenvalue weighted by Gasteiger charge is -1.98. The maximum Gasteiger partial charge on any atom is 0.211 e. The van der Waals surface area contributed by atoms with Crippen LogP contribution >= 0.6 is 11.3 Å². The van der Waals surface area contributed by atoms with E-state index in [0.29, 0.717) is 5.76 Å². The molecule has 0 fully saturated rings. The third kappa shape index (κ3) is 3.58. The quantitative estimate of drug-likeness (QED) is 0.253. The molecule has 0 aliphatic rings. The molecule has 33 heavy (non-hydrogen) atoms. The van der Waals surface area contributed by atoms with Gasteiger partial charge in [0.15, 0.2) is 5.76 Å². The SMILES string of the molecule is Cn1/c(=N/N=C/c2cn(-c3ccccc3)nc2-c2cc3ccccc3o2)sc2ccccc21. The molecule has 0 spiro atoms. The lowest BCUT2D eigenvalue weighted by atomic mass is 10.2. The Bertz CT molecular complexity index is 1650. The number of nitrogens with zero attached hydrogens (tertiary/aromatic N) is 5. The van der Waals surface area contributed by atoms with Gasteiger partial charge in [-0.25, -0.2) is 4.68 Å². The molecule has 0 N–H and O–H groups in total. The van der Waals surface area contributed by atoms with Crippen molar-refractivity contribution in [2.24, 2.45) is 17.3 Å². The van der Waals surface area contributed by atoms with E-state index in [1.165, 1.54) is 4.70 Å². The van der Waals surface area contributed by atoms with Crippen molar-refractivity contribution < 1.29 is 4.42 Å². The highest BCUT2D eigenvalue weighted by atomic mass is 32.1. The van der Waals surface area contributed by atoms with Gasteiger partial charge in [-0.1, -0.05) is 59.9 Å². The van der Waals surface area contributed by atoms with Gasteiger partial charge in [0.05, 0.1) is 22.1 Å². The van der Waals surface area contributed by atoms with Crippen LogP contribution in [0.25, 0.3) is 38.3 Å². The summed E-state index contributed by atoms with van der Waals surface area (Å²) in [5.41, 5.74) is 4.46. The van der Waals surface area contributed by atoms with Crippen LogP contribution in [0.4, 0.5) is 0 Å². The van der Waals surface area contributed by atoms with E-state index in [2.05, 4.69) is 22.3 Å². The van der Waals surface area contributed by atoms with Crippen LogP contribution in [0.15, 0.2) is 106 Å². The first-order valence-electron chi connectivity index (χ1n) is 10.5. The van der Waals surface area contributed by atoms with Gasteiger partial charge in [-0.3, -0.25) is 0 Å². The van der Waals surface area contributed by atoms with Gasteiger partial charge in [0.25, 0.3) is 0 Å². The molecule has 0 saturated carbocycles. The van der Waals surface area contributed by atoms with Gasteiger partial charge >= 0.3 is 0 Å². The molecule has 0 aliphatic carbocycles. The average Bonchev–Trinajstić information content (AvgIpc) is 3.55. The number of benzene rings is 3. The van der Waals surface area contributed by atoms with Crippen molar-refractivity contribution in [2.45, 2.75) is 0 Å². The van der Waals surface area contributed by atoms with Crippen molar-refractivity contribution in [3.63, 3.8) is 0 Å². The van der Waals surface area contributed by atoms with Crippen molar-refractivity contribution in [3.05, 3.63) is 101 Å². The zero-order chi connectivity index (χ0) is 22.2. The molecular formula is C26H19N5OS. The number of aromatic nitrogens is 3. The first kappa shape index (κ1) is 19.5. The van der Waals surface area contributed by atoms with Crippen LogP contribution in [-0.4, -0.2) is 20.6 Å². The Morgan fingerprint density at radius 3 is 2.58 bits per heavy atom. The minimum atomic E-state index is 0.694. The molecular weight excluding hydrogens is 430 g/mol. The summed E-state index contributed by atoms with van der Waals surface area (Å²) in [6.45, 7) is 0. The zero-order valence-corrected chi connectivity index (χ0v) is 18.6. The van der Waals surface area contributed by atoms with Crippen LogP contribution in [-0.2, 0) is 7.05 Å². The highest BCUT2D eigenvalue weighted by Gasteiger charge is 2.15. The second-order valence-corrected chi connectivity index (χ2v) is 8.63. The monoisotopic (exact) mass is 449 g/mol. The molecule has 160 valence electrons. The molecule has 0 bridgehead atoms. The fourth-order valence-electron chi connectivity index (χ4n) is 3.80. The minimum Gasteiger partial charge on any atom is -0.454 e. The molecule has 3 heterocycles. The molecule has 3 aromatic heterocycles. The number of rotatable bonds is 4. The van der Waals surface area contributed by atoms with Crippen LogP contribution in [0.1, 0.15) is 5.56 Å². The first-order chi connectivity index (χ1) is 16.3. The molecule has 6 nitrogen and oxygen atoms in total. The molecule has 0 unspecified atom stereocenters. The Balaban J connectivity index is 1.45. The van der Waals surface area contributed by atoms with Crippen molar-refractivity contribution in [3.8, 4) is 17.1 Å². The smallest absolute Gasteiger partial charge is 0.211 e. The summed E-state index contributed by atoms with van der Waals surface area (Å²) >= 11 is 1.61. The van der Waals surface area contributed by atoms with E-state index >= 15 is 0 Å².